The molecule has 1 fully saturated rings. The summed E-state index contributed by atoms with van der Waals surface area (Å²) in [6.07, 6.45) is -0.463. The Balaban J connectivity index is 1.57. The summed E-state index contributed by atoms with van der Waals surface area (Å²) in [5, 5.41) is 11.1. The van der Waals surface area contributed by atoms with Gasteiger partial charge in [-0.05, 0) is 48.7 Å². The van der Waals surface area contributed by atoms with Crippen molar-refractivity contribution in [1.29, 1.82) is 0 Å². The molecule has 0 radical (unpaired) electrons. The summed E-state index contributed by atoms with van der Waals surface area (Å²) < 4.78 is 0. The minimum Gasteiger partial charge on any atom is -0.387 e. The smallest absolute Gasteiger partial charge is 0.0916 e. The van der Waals surface area contributed by atoms with Crippen molar-refractivity contribution in [3.8, 4) is 0 Å². The molecular formula is C20H25ClN2O. The fraction of sp³-hybridized carbons (Fsp3) is 0.400. The molecular weight excluding hydrogens is 320 g/mol. The van der Waals surface area contributed by atoms with E-state index in [1.54, 1.807) is 0 Å². The lowest BCUT2D eigenvalue weighted by Crippen LogP contribution is -2.47. The molecule has 0 unspecified atom stereocenters. The summed E-state index contributed by atoms with van der Waals surface area (Å²) in [5.41, 5.74) is 4.90. The Morgan fingerprint density at radius 1 is 1.00 bits per heavy atom. The number of β-amino-alcohol motifs (C(OH)–C–C–N with tert-alkyl or cyclic N) is 1. The SMILES string of the molecule is Cc1ccc(C)c(N2CCN(C[C@H](O)c3ccc(Cl)cc3)CC2)c1. The summed E-state index contributed by atoms with van der Waals surface area (Å²) >= 11 is 5.91. The molecule has 0 aliphatic carbocycles. The summed E-state index contributed by atoms with van der Waals surface area (Å²) in [5.74, 6) is 0. The van der Waals surface area contributed by atoms with Gasteiger partial charge in [0, 0.05) is 43.4 Å². The molecule has 4 heteroatoms. The van der Waals surface area contributed by atoms with Crippen molar-refractivity contribution in [2.24, 2.45) is 0 Å². The van der Waals surface area contributed by atoms with Crippen LogP contribution in [0.3, 0.4) is 0 Å². The van der Waals surface area contributed by atoms with Crippen LogP contribution in [0.4, 0.5) is 5.69 Å². The number of hydrogen-bond acceptors (Lipinski definition) is 3. The molecule has 2 aromatic rings. The molecule has 0 bridgehead atoms. The predicted octanol–water partition coefficient (Wildman–Crippen LogP) is 3.81. The van der Waals surface area contributed by atoms with Gasteiger partial charge in [-0.2, -0.15) is 0 Å². The van der Waals surface area contributed by atoms with Crippen LogP contribution in [0.2, 0.25) is 5.02 Å². The molecule has 1 saturated heterocycles. The zero-order valence-electron chi connectivity index (χ0n) is 14.4. The first kappa shape index (κ1) is 17.3. The normalized spacial score (nSPS) is 17.1. The van der Waals surface area contributed by atoms with Gasteiger partial charge in [0.05, 0.1) is 6.10 Å². The first-order chi connectivity index (χ1) is 11.5. The van der Waals surface area contributed by atoms with E-state index in [1.165, 1.54) is 16.8 Å². The molecule has 2 aromatic carbocycles. The van der Waals surface area contributed by atoms with E-state index < -0.39 is 6.10 Å². The highest BCUT2D eigenvalue weighted by Crippen LogP contribution is 2.24. The van der Waals surface area contributed by atoms with Gasteiger partial charge in [-0.3, -0.25) is 4.90 Å². The second-order valence-electron chi connectivity index (χ2n) is 6.64. The Morgan fingerprint density at radius 3 is 2.33 bits per heavy atom. The van der Waals surface area contributed by atoms with Gasteiger partial charge in [0.2, 0.25) is 0 Å². The molecule has 3 rings (SSSR count). The summed E-state index contributed by atoms with van der Waals surface area (Å²) in [6.45, 7) is 8.92. The van der Waals surface area contributed by atoms with E-state index in [0.29, 0.717) is 11.6 Å². The molecule has 3 nitrogen and oxygen atoms in total. The Hall–Kier alpha value is -1.55. The van der Waals surface area contributed by atoms with Gasteiger partial charge in [0.1, 0.15) is 0 Å². The van der Waals surface area contributed by atoms with Crippen LogP contribution in [0.25, 0.3) is 0 Å². The zero-order valence-corrected chi connectivity index (χ0v) is 15.1. The van der Waals surface area contributed by atoms with Crippen LogP contribution in [0.15, 0.2) is 42.5 Å². The third-order valence-electron chi connectivity index (χ3n) is 4.76. The van der Waals surface area contributed by atoms with Gasteiger partial charge >= 0.3 is 0 Å². The topological polar surface area (TPSA) is 26.7 Å². The summed E-state index contributed by atoms with van der Waals surface area (Å²) in [7, 11) is 0. The standard InChI is InChI=1S/C20H25ClN2O/c1-15-3-4-16(2)19(13-15)23-11-9-22(10-12-23)14-20(24)17-5-7-18(21)8-6-17/h3-8,13,20,24H,9-12,14H2,1-2H3/t20-/m0/s1. The lowest BCUT2D eigenvalue weighted by molar-refractivity contribution is 0.109. The number of aliphatic hydroxyl groups excluding tert-OH is 1. The van der Waals surface area contributed by atoms with Crippen molar-refractivity contribution in [3.63, 3.8) is 0 Å². The second kappa shape index (κ2) is 7.56. The quantitative estimate of drug-likeness (QED) is 0.913. The summed E-state index contributed by atoms with van der Waals surface area (Å²) in [4.78, 5) is 4.79. The molecule has 128 valence electrons. The third-order valence-corrected chi connectivity index (χ3v) is 5.02. The van der Waals surface area contributed by atoms with E-state index in [0.717, 1.165) is 31.7 Å². The molecule has 1 atom stereocenters. The number of halogens is 1. The Labute approximate surface area is 149 Å². The highest BCUT2D eigenvalue weighted by atomic mass is 35.5. The van der Waals surface area contributed by atoms with Gasteiger partial charge < -0.3 is 10.0 Å². The fourth-order valence-electron chi connectivity index (χ4n) is 3.27. The lowest BCUT2D eigenvalue weighted by atomic mass is 10.1. The third kappa shape index (κ3) is 4.10. The number of nitrogens with zero attached hydrogens (tertiary/aromatic N) is 2. The molecule has 0 spiro atoms. The fourth-order valence-corrected chi connectivity index (χ4v) is 3.39. The number of aliphatic hydroxyl groups is 1. The van der Waals surface area contributed by atoms with Crippen LogP contribution in [-0.4, -0.2) is 42.7 Å². The number of rotatable bonds is 4. The molecule has 1 N–H and O–H groups in total. The predicted molar refractivity (Wildman–Crippen MR) is 101 cm³/mol. The van der Waals surface area contributed by atoms with Crippen LogP contribution >= 0.6 is 11.6 Å². The van der Waals surface area contributed by atoms with Gasteiger partial charge in [-0.15, -0.1) is 0 Å². The molecule has 0 amide bonds. The average molecular weight is 345 g/mol. The van der Waals surface area contributed by atoms with E-state index in [9.17, 15) is 5.11 Å². The van der Waals surface area contributed by atoms with E-state index in [2.05, 4.69) is 41.8 Å². The maximum Gasteiger partial charge on any atom is 0.0916 e. The number of hydrogen-bond donors (Lipinski definition) is 1. The van der Waals surface area contributed by atoms with Crippen LogP contribution < -0.4 is 4.90 Å². The van der Waals surface area contributed by atoms with Crippen molar-refractivity contribution in [1.82, 2.24) is 4.90 Å². The van der Waals surface area contributed by atoms with Gasteiger partial charge in [0.25, 0.3) is 0 Å². The van der Waals surface area contributed by atoms with E-state index >= 15 is 0 Å². The van der Waals surface area contributed by atoms with Gasteiger partial charge in [0.15, 0.2) is 0 Å². The van der Waals surface area contributed by atoms with Crippen molar-refractivity contribution in [3.05, 3.63) is 64.2 Å². The Bertz CT molecular complexity index is 679. The van der Waals surface area contributed by atoms with Crippen LogP contribution in [0.5, 0.6) is 0 Å². The van der Waals surface area contributed by atoms with Crippen LogP contribution in [0, 0.1) is 13.8 Å². The number of piperazine rings is 1. The Morgan fingerprint density at radius 2 is 1.67 bits per heavy atom. The van der Waals surface area contributed by atoms with Crippen molar-refractivity contribution >= 4 is 17.3 Å². The largest absolute Gasteiger partial charge is 0.387 e. The molecule has 0 aromatic heterocycles. The second-order valence-corrected chi connectivity index (χ2v) is 7.08. The van der Waals surface area contributed by atoms with Crippen molar-refractivity contribution in [2.45, 2.75) is 20.0 Å². The number of benzene rings is 2. The van der Waals surface area contributed by atoms with Gasteiger partial charge in [-0.25, -0.2) is 0 Å². The minimum atomic E-state index is -0.463. The van der Waals surface area contributed by atoms with Crippen LogP contribution in [0.1, 0.15) is 22.8 Å². The maximum absolute atomic E-state index is 10.4. The van der Waals surface area contributed by atoms with E-state index in [1.807, 2.05) is 24.3 Å². The van der Waals surface area contributed by atoms with Crippen molar-refractivity contribution < 1.29 is 5.11 Å². The van der Waals surface area contributed by atoms with E-state index in [4.69, 9.17) is 11.6 Å². The highest BCUT2D eigenvalue weighted by Gasteiger charge is 2.21. The van der Waals surface area contributed by atoms with Crippen LogP contribution in [-0.2, 0) is 0 Å². The average Bonchev–Trinajstić information content (AvgIpc) is 2.58. The lowest BCUT2D eigenvalue weighted by Gasteiger charge is -2.37. The summed E-state index contributed by atoms with van der Waals surface area (Å²) in [6, 6.07) is 14.1. The van der Waals surface area contributed by atoms with Gasteiger partial charge in [-0.1, -0.05) is 35.9 Å². The molecule has 1 heterocycles. The molecule has 1 aliphatic rings. The number of aryl methyl sites for hydroxylation is 2. The molecule has 24 heavy (non-hydrogen) atoms. The molecule has 0 saturated carbocycles. The first-order valence-electron chi connectivity index (χ1n) is 8.51. The minimum absolute atomic E-state index is 0.463. The zero-order chi connectivity index (χ0) is 17.1. The monoisotopic (exact) mass is 344 g/mol. The Kier molecular flexibility index (Phi) is 5.44. The first-order valence-corrected chi connectivity index (χ1v) is 8.89. The maximum atomic E-state index is 10.4. The highest BCUT2D eigenvalue weighted by molar-refractivity contribution is 6.30. The molecule has 1 aliphatic heterocycles. The van der Waals surface area contributed by atoms with Crippen molar-refractivity contribution in [2.75, 3.05) is 37.6 Å². The van der Waals surface area contributed by atoms with E-state index in [-0.39, 0.29) is 0 Å². The number of anilines is 1.